The molecule has 3 N–H and O–H groups in total. The normalized spacial score (nSPS) is 12.8. The van der Waals surface area contributed by atoms with Crippen LogP contribution in [0, 0.1) is 0 Å². The molecule has 0 saturated heterocycles. The van der Waals surface area contributed by atoms with Gasteiger partial charge >= 0.3 is 12.1 Å². The summed E-state index contributed by atoms with van der Waals surface area (Å²) in [7, 11) is -4.11. The van der Waals surface area contributed by atoms with Crippen LogP contribution >= 0.6 is 0 Å². The Morgan fingerprint density at radius 1 is 1.03 bits per heavy atom. The number of benzene rings is 3. The Kier molecular flexibility index (Phi) is 9.54. The Hall–Kier alpha value is -3.83. The number of alkyl halides is 3. The summed E-state index contributed by atoms with van der Waals surface area (Å²) in [5.74, 6) is -0.455. The Balaban J connectivity index is 1.69. The fourth-order valence-electron chi connectivity index (χ4n) is 3.49. The number of para-hydroxylation sites is 1. The molecule has 0 aliphatic rings. The topological polar surface area (TPSA) is 113 Å². The molecule has 0 spiro atoms. The number of rotatable bonds is 12. The third kappa shape index (κ3) is 8.63. The molecule has 0 aliphatic carbocycles. The highest BCUT2D eigenvalue weighted by molar-refractivity contribution is 7.92. The van der Waals surface area contributed by atoms with E-state index in [0.29, 0.717) is 17.4 Å². The Morgan fingerprint density at radius 3 is 2.39 bits per heavy atom. The molecule has 202 valence electrons. The zero-order chi connectivity index (χ0) is 27.8. The van der Waals surface area contributed by atoms with Gasteiger partial charge in [0.1, 0.15) is 5.75 Å². The van der Waals surface area contributed by atoms with Crippen LogP contribution in [0.25, 0.3) is 6.08 Å². The second-order valence-electron chi connectivity index (χ2n) is 8.33. The third-order valence-corrected chi connectivity index (χ3v) is 6.75. The number of aryl methyl sites for hydroxylation is 1. The summed E-state index contributed by atoms with van der Waals surface area (Å²) in [5.41, 5.74) is -0.598. The first-order valence-electron chi connectivity index (χ1n) is 11.5. The van der Waals surface area contributed by atoms with Gasteiger partial charge in [-0.15, -0.1) is 0 Å². The molecular weight excluding hydrogens is 523 g/mol. The van der Waals surface area contributed by atoms with E-state index in [1.54, 1.807) is 30.3 Å². The number of sulfonamides is 1. The van der Waals surface area contributed by atoms with Gasteiger partial charge in [0.15, 0.2) is 0 Å². The molecule has 3 rings (SSSR count). The highest BCUT2D eigenvalue weighted by atomic mass is 32.2. The summed E-state index contributed by atoms with van der Waals surface area (Å²) in [6.45, 7) is 0.0697. The van der Waals surface area contributed by atoms with Crippen molar-refractivity contribution in [2.45, 2.75) is 36.4 Å². The predicted octanol–water partition coefficient (Wildman–Crippen LogP) is 5.37. The molecule has 0 unspecified atom stereocenters. The summed E-state index contributed by atoms with van der Waals surface area (Å²) in [6, 6.07) is 16.9. The van der Waals surface area contributed by atoms with E-state index in [-0.39, 0.29) is 42.0 Å². The minimum atomic E-state index is -4.72. The van der Waals surface area contributed by atoms with Crippen molar-refractivity contribution in [2.24, 2.45) is 0 Å². The standard InChI is InChI=1S/C27H26F3NO6S/c28-27(29,30)21-16-19(17-22(18-21)31-38(35,36)24-7-2-1-3-8-24)10-12-23(32)14-15-37-25-9-5-4-6-20(25)11-13-26(33)34/h1-10,12,16-18,23,31-32H,11,13-15H2,(H,33,34)/b12-10+/t23-/m0/s1. The minimum absolute atomic E-state index is 0.0320. The number of carbonyl (C=O) groups is 1. The lowest BCUT2D eigenvalue weighted by molar-refractivity contribution is -0.138. The van der Waals surface area contributed by atoms with E-state index in [9.17, 15) is 31.5 Å². The van der Waals surface area contributed by atoms with Gasteiger partial charge in [0.2, 0.25) is 0 Å². The van der Waals surface area contributed by atoms with Gasteiger partial charge in [-0.25, -0.2) is 8.42 Å². The number of carboxylic acids is 1. The number of ether oxygens (including phenoxy) is 1. The molecule has 0 bridgehead atoms. The van der Waals surface area contributed by atoms with Crippen molar-refractivity contribution in [3.05, 3.63) is 95.6 Å². The molecule has 3 aromatic rings. The minimum Gasteiger partial charge on any atom is -0.493 e. The number of aliphatic carboxylic acids is 1. The third-order valence-electron chi connectivity index (χ3n) is 5.35. The van der Waals surface area contributed by atoms with Crippen molar-refractivity contribution in [1.29, 1.82) is 0 Å². The summed E-state index contributed by atoms with van der Waals surface area (Å²) < 4.78 is 73.4. The SMILES string of the molecule is O=C(O)CCc1ccccc1OCC[C@@H](O)/C=C/c1cc(NS(=O)(=O)c2ccccc2)cc(C(F)(F)F)c1. The average molecular weight is 550 g/mol. The van der Waals surface area contributed by atoms with Crippen LogP contribution in [0.3, 0.4) is 0 Å². The summed E-state index contributed by atoms with van der Waals surface area (Å²) >= 11 is 0. The highest BCUT2D eigenvalue weighted by Gasteiger charge is 2.31. The molecular formula is C27H26F3NO6S. The molecule has 38 heavy (non-hydrogen) atoms. The van der Waals surface area contributed by atoms with Gasteiger partial charge in [-0.05, 0) is 53.9 Å². The van der Waals surface area contributed by atoms with Gasteiger partial charge in [-0.3, -0.25) is 9.52 Å². The van der Waals surface area contributed by atoms with E-state index < -0.39 is 33.8 Å². The van der Waals surface area contributed by atoms with Crippen LogP contribution in [0.1, 0.15) is 29.5 Å². The van der Waals surface area contributed by atoms with Crippen molar-refractivity contribution in [3.8, 4) is 5.75 Å². The van der Waals surface area contributed by atoms with Gasteiger partial charge in [-0.1, -0.05) is 48.6 Å². The molecule has 0 saturated carbocycles. The first-order chi connectivity index (χ1) is 17.9. The van der Waals surface area contributed by atoms with E-state index in [1.807, 2.05) is 0 Å². The lowest BCUT2D eigenvalue weighted by Crippen LogP contribution is -2.14. The molecule has 0 aliphatic heterocycles. The van der Waals surface area contributed by atoms with E-state index >= 15 is 0 Å². The zero-order valence-electron chi connectivity index (χ0n) is 20.1. The number of carboxylic acid groups (broad SMARTS) is 1. The number of hydrogen-bond donors (Lipinski definition) is 3. The van der Waals surface area contributed by atoms with Gasteiger partial charge < -0.3 is 14.9 Å². The maximum atomic E-state index is 13.5. The Bertz CT molecular complexity index is 1380. The largest absolute Gasteiger partial charge is 0.493 e. The lowest BCUT2D eigenvalue weighted by Gasteiger charge is -2.14. The summed E-state index contributed by atoms with van der Waals surface area (Å²) in [5, 5.41) is 19.2. The van der Waals surface area contributed by atoms with Crippen LogP contribution in [-0.2, 0) is 27.4 Å². The quantitative estimate of drug-likeness (QED) is 0.280. The van der Waals surface area contributed by atoms with Crippen molar-refractivity contribution in [2.75, 3.05) is 11.3 Å². The molecule has 11 heteroatoms. The molecule has 0 heterocycles. The van der Waals surface area contributed by atoms with E-state index in [1.165, 1.54) is 42.5 Å². The average Bonchev–Trinajstić information content (AvgIpc) is 2.86. The maximum Gasteiger partial charge on any atom is 0.416 e. The molecule has 7 nitrogen and oxygen atoms in total. The molecule has 0 amide bonds. The van der Waals surface area contributed by atoms with Crippen LogP contribution in [0.5, 0.6) is 5.75 Å². The van der Waals surface area contributed by atoms with E-state index in [2.05, 4.69) is 4.72 Å². The molecule has 0 radical (unpaired) electrons. The lowest BCUT2D eigenvalue weighted by atomic mass is 10.1. The van der Waals surface area contributed by atoms with Crippen LogP contribution < -0.4 is 9.46 Å². The smallest absolute Gasteiger partial charge is 0.416 e. The number of hydrogen-bond acceptors (Lipinski definition) is 5. The van der Waals surface area contributed by atoms with E-state index in [4.69, 9.17) is 9.84 Å². The van der Waals surface area contributed by atoms with Crippen LogP contribution in [0.15, 0.2) is 83.8 Å². The number of nitrogens with one attached hydrogen (secondary N) is 1. The van der Waals surface area contributed by atoms with Gasteiger partial charge in [-0.2, -0.15) is 13.2 Å². The monoisotopic (exact) mass is 549 g/mol. The molecule has 0 fully saturated rings. The van der Waals surface area contributed by atoms with Gasteiger partial charge in [0.05, 0.1) is 28.9 Å². The van der Waals surface area contributed by atoms with Crippen molar-refractivity contribution >= 4 is 27.8 Å². The summed E-state index contributed by atoms with van der Waals surface area (Å²) in [4.78, 5) is 10.7. The van der Waals surface area contributed by atoms with Crippen LogP contribution in [0.4, 0.5) is 18.9 Å². The number of aliphatic hydroxyl groups is 1. The molecule has 0 aromatic heterocycles. The van der Waals surface area contributed by atoms with Gasteiger partial charge in [0, 0.05) is 12.8 Å². The van der Waals surface area contributed by atoms with Crippen molar-refractivity contribution < 1.29 is 41.3 Å². The van der Waals surface area contributed by atoms with Gasteiger partial charge in [0.25, 0.3) is 10.0 Å². The first-order valence-corrected chi connectivity index (χ1v) is 13.0. The molecule has 1 atom stereocenters. The van der Waals surface area contributed by atoms with Crippen LogP contribution in [0.2, 0.25) is 0 Å². The van der Waals surface area contributed by atoms with Crippen molar-refractivity contribution in [1.82, 2.24) is 0 Å². The number of halogens is 3. The second kappa shape index (κ2) is 12.6. The number of aliphatic hydroxyl groups excluding tert-OH is 1. The Labute approximate surface area is 218 Å². The zero-order valence-corrected chi connectivity index (χ0v) is 20.9. The summed E-state index contributed by atoms with van der Waals surface area (Å²) in [6.07, 6.45) is -2.93. The molecule has 3 aromatic carbocycles. The number of anilines is 1. The van der Waals surface area contributed by atoms with Crippen molar-refractivity contribution in [3.63, 3.8) is 0 Å². The highest BCUT2D eigenvalue weighted by Crippen LogP contribution is 2.33. The first kappa shape index (κ1) is 28.7. The maximum absolute atomic E-state index is 13.5. The predicted molar refractivity (Wildman–Crippen MR) is 136 cm³/mol. The second-order valence-corrected chi connectivity index (χ2v) is 10.0. The van der Waals surface area contributed by atoms with E-state index in [0.717, 1.165) is 6.07 Å². The van der Waals surface area contributed by atoms with Crippen LogP contribution in [-0.4, -0.2) is 37.3 Å². The fraction of sp³-hybridized carbons (Fsp3) is 0.222. The Morgan fingerprint density at radius 2 is 1.71 bits per heavy atom. The fourth-order valence-corrected chi connectivity index (χ4v) is 4.55.